The molecule has 1 heterocycles. The third-order valence-electron chi connectivity index (χ3n) is 2.94. The van der Waals surface area contributed by atoms with Crippen molar-refractivity contribution in [3.05, 3.63) is 11.9 Å². The molecular formula is C13H25N3O. The minimum atomic E-state index is 0.149. The van der Waals surface area contributed by atoms with E-state index in [1.54, 1.807) is 0 Å². The highest BCUT2D eigenvalue weighted by molar-refractivity contribution is 4.91. The zero-order valence-corrected chi connectivity index (χ0v) is 10.9. The van der Waals surface area contributed by atoms with Gasteiger partial charge in [-0.2, -0.15) is 0 Å². The van der Waals surface area contributed by atoms with Gasteiger partial charge in [0.2, 0.25) is 0 Å². The van der Waals surface area contributed by atoms with Crippen molar-refractivity contribution in [3.63, 3.8) is 0 Å². The number of aliphatic hydroxyl groups excluding tert-OH is 1. The molecule has 0 aliphatic carbocycles. The van der Waals surface area contributed by atoms with Crippen LogP contribution in [0.2, 0.25) is 0 Å². The molecule has 1 N–H and O–H groups in total. The lowest BCUT2D eigenvalue weighted by Crippen LogP contribution is -1.98. The zero-order valence-electron chi connectivity index (χ0n) is 10.9. The van der Waals surface area contributed by atoms with E-state index in [4.69, 9.17) is 5.11 Å². The van der Waals surface area contributed by atoms with Gasteiger partial charge >= 0.3 is 0 Å². The molecule has 0 atom stereocenters. The van der Waals surface area contributed by atoms with Crippen molar-refractivity contribution >= 4 is 0 Å². The number of nitrogens with zero attached hydrogens (tertiary/aromatic N) is 3. The monoisotopic (exact) mass is 239 g/mol. The van der Waals surface area contributed by atoms with Gasteiger partial charge in [0, 0.05) is 25.8 Å². The van der Waals surface area contributed by atoms with Crippen molar-refractivity contribution in [2.45, 2.75) is 64.8 Å². The van der Waals surface area contributed by atoms with E-state index in [1.807, 2.05) is 10.9 Å². The van der Waals surface area contributed by atoms with Gasteiger partial charge in [0.05, 0.1) is 5.69 Å². The first-order valence-electron chi connectivity index (χ1n) is 6.86. The number of rotatable bonds is 10. The molecular weight excluding hydrogens is 214 g/mol. The Bertz CT molecular complexity index is 286. The standard InChI is InChI=1S/C13H25N3O/c1-2-3-4-5-6-7-8-10-16-12-13(9-11-17)14-15-16/h12,17H,2-11H2,1H3. The van der Waals surface area contributed by atoms with Crippen molar-refractivity contribution in [3.8, 4) is 0 Å². The Morgan fingerprint density at radius 1 is 1.12 bits per heavy atom. The predicted octanol–water partition coefficient (Wildman–Crippen LogP) is 2.56. The third-order valence-corrected chi connectivity index (χ3v) is 2.94. The summed E-state index contributed by atoms with van der Waals surface area (Å²) in [5, 5.41) is 16.8. The quantitative estimate of drug-likeness (QED) is 0.638. The van der Waals surface area contributed by atoms with Crippen LogP contribution in [0.25, 0.3) is 0 Å². The summed E-state index contributed by atoms with van der Waals surface area (Å²) in [6.45, 7) is 3.34. The molecule has 0 spiro atoms. The smallest absolute Gasteiger partial charge is 0.0849 e. The predicted molar refractivity (Wildman–Crippen MR) is 68.8 cm³/mol. The average molecular weight is 239 g/mol. The van der Waals surface area contributed by atoms with Crippen molar-refractivity contribution in [1.29, 1.82) is 0 Å². The van der Waals surface area contributed by atoms with Crippen LogP contribution in [0.3, 0.4) is 0 Å². The topological polar surface area (TPSA) is 50.9 Å². The second-order valence-corrected chi connectivity index (χ2v) is 4.57. The van der Waals surface area contributed by atoms with E-state index >= 15 is 0 Å². The summed E-state index contributed by atoms with van der Waals surface area (Å²) in [7, 11) is 0. The van der Waals surface area contributed by atoms with E-state index in [0.29, 0.717) is 6.42 Å². The van der Waals surface area contributed by atoms with Crippen molar-refractivity contribution in [1.82, 2.24) is 15.0 Å². The number of hydrogen-bond donors (Lipinski definition) is 1. The van der Waals surface area contributed by atoms with Crippen LogP contribution in [0.1, 0.15) is 57.6 Å². The number of hydrogen-bond acceptors (Lipinski definition) is 3. The molecule has 0 saturated carbocycles. The molecule has 4 nitrogen and oxygen atoms in total. The van der Waals surface area contributed by atoms with Crippen LogP contribution in [0.5, 0.6) is 0 Å². The first-order valence-corrected chi connectivity index (χ1v) is 6.86. The molecule has 1 aromatic heterocycles. The SMILES string of the molecule is CCCCCCCCCn1cc(CCO)nn1. The molecule has 0 aliphatic rings. The van der Waals surface area contributed by atoms with Crippen LogP contribution >= 0.6 is 0 Å². The van der Waals surface area contributed by atoms with Gasteiger partial charge in [0.25, 0.3) is 0 Å². The van der Waals surface area contributed by atoms with Crippen molar-refractivity contribution < 1.29 is 5.11 Å². The van der Waals surface area contributed by atoms with Gasteiger partial charge in [-0.1, -0.05) is 50.7 Å². The van der Waals surface area contributed by atoms with Crippen LogP contribution in [-0.2, 0) is 13.0 Å². The Morgan fingerprint density at radius 3 is 2.53 bits per heavy atom. The highest BCUT2D eigenvalue weighted by Gasteiger charge is 1.99. The van der Waals surface area contributed by atoms with Crippen LogP contribution in [-0.4, -0.2) is 26.7 Å². The summed E-state index contributed by atoms with van der Waals surface area (Å²) >= 11 is 0. The average Bonchev–Trinajstić information content (AvgIpc) is 2.76. The largest absolute Gasteiger partial charge is 0.396 e. The van der Waals surface area contributed by atoms with Crippen LogP contribution in [0.15, 0.2) is 6.20 Å². The van der Waals surface area contributed by atoms with Gasteiger partial charge in [-0.3, -0.25) is 4.68 Å². The van der Waals surface area contributed by atoms with Crippen molar-refractivity contribution in [2.75, 3.05) is 6.61 Å². The Labute approximate surface area is 104 Å². The maximum Gasteiger partial charge on any atom is 0.0849 e. The zero-order chi connectivity index (χ0) is 12.3. The summed E-state index contributed by atoms with van der Waals surface area (Å²) in [6, 6.07) is 0. The van der Waals surface area contributed by atoms with E-state index in [2.05, 4.69) is 17.2 Å². The fourth-order valence-corrected chi connectivity index (χ4v) is 1.91. The molecule has 1 rings (SSSR count). The molecule has 17 heavy (non-hydrogen) atoms. The number of aliphatic hydroxyl groups is 1. The molecule has 0 radical (unpaired) electrons. The van der Waals surface area contributed by atoms with Gasteiger partial charge in [0.15, 0.2) is 0 Å². The molecule has 0 bridgehead atoms. The van der Waals surface area contributed by atoms with Gasteiger partial charge in [0.1, 0.15) is 0 Å². The minimum absolute atomic E-state index is 0.149. The molecule has 0 amide bonds. The maximum absolute atomic E-state index is 8.77. The van der Waals surface area contributed by atoms with Gasteiger partial charge < -0.3 is 5.11 Å². The molecule has 1 aromatic rings. The van der Waals surface area contributed by atoms with Crippen molar-refractivity contribution in [2.24, 2.45) is 0 Å². The lowest BCUT2D eigenvalue weighted by atomic mass is 10.1. The van der Waals surface area contributed by atoms with Gasteiger partial charge in [-0.25, -0.2) is 0 Å². The number of aryl methyl sites for hydroxylation is 1. The second-order valence-electron chi connectivity index (χ2n) is 4.57. The molecule has 0 aromatic carbocycles. The number of unbranched alkanes of at least 4 members (excludes halogenated alkanes) is 6. The van der Waals surface area contributed by atoms with E-state index < -0.39 is 0 Å². The summed E-state index contributed by atoms with van der Waals surface area (Å²) in [6.07, 6.45) is 11.7. The molecule has 0 aliphatic heterocycles. The Morgan fingerprint density at radius 2 is 1.82 bits per heavy atom. The first-order chi connectivity index (χ1) is 8.36. The first kappa shape index (κ1) is 14.2. The third kappa shape index (κ3) is 6.41. The van der Waals surface area contributed by atoms with E-state index in [-0.39, 0.29) is 6.61 Å². The lowest BCUT2D eigenvalue weighted by Gasteiger charge is -2.01. The molecule has 0 fully saturated rings. The molecule has 4 heteroatoms. The van der Waals surface area contributed by atoms with Gasteiger partial charge in [-0.05, 0) is 6.42 Å². The van der Waals surface area contributed by atoms with E-state index in [0.717, 1.165) is 12.2 Å². The highest BCUT2D eigenvalue weighted by atomic mass is 16.3. The molecule has 0 saturated heterocycles. The summed E-state index contributed by atoms with van der Waals surface area (Å²) in [5.41, 5.74) is 0.885. The summed E-state index contributed by atoms with van der Waals surface area (Å²) in [4.78, 5) is 0. The summed E-state index contributed by atoms with van der Waals surface area (Å²) < 4.78 is 1.89. The molecule has 98 valence electrons. The second kappa shape index (κ2) is 9.16. The summed E-state index contributed by atoms with van der Waals surface area (Å²) in [5.74, 6) is 0. The van der Waals surface area contributed by atoms with Crippen LogP contribution < -0.4 is 0 Å². The van der Waals surface area contributed by atoms with E-state index in [9.17, 15) is 0 Å². The normalized spacial score (nSPS) is 10.9. The minimum Gasteiger partial charge on any atom is -0.396 e. The van der Waals surface area contributed by atoms with Crippen LogP contribution in [0.4, 0.5) is 0 Å². The van der Waals surface area contributed by atoms with E-state index in [1.165, 1.54) is 44.9 Å². The Hall–Kier alpha value is -0.900. The maximum atomic E-state index is 8.77. The number of aromatic nitrogens is 3. The highest BCUT2D eigenvalue weighted by Crippen LogP contribution is 2.07. The fourth-order valence-electron chi connectivity index (χ4n) is 1.91. The fraction of sp³-hybridized carbons (Fsp3) is 0.846. The Kier molecular flexibility index (Phi) is 7.63. The Balaban J connectivity index is 2.01. The molecule has 0 unspecified atom stereocenters. The van der Waals surface area contributed by atoms with Gasteiger partial charge in [-0.15, -0.1) is 5.10 Å². The lowest BCUT2D eigenvalue weighted by molar-refractivity contribution is 0.298. The van der Waals surface area contributed by atoms with Crippen LogP contribution in [0, 0.1) is 0 Å².